The van der Waals surface area contributed by atoms with Crippen molar-refractivity contribution < 1.29 is 23.9 Å². The van der Waals surface area contributed by atoms with Gasteiger partial charge in [-0.1, -0.05) is 37.5 Å². The van der Waals surface area contributed by atoms with Crippen LogP contribution in [-0.4, -0.2) is 37.2 Å². The monoisotopic (exact) mass is 362 g/mol. The van der Waals surface area contributed by atoms with E-state index >= 15 is 0 Å². The van der Waals surface area contributed by atoms with Crippen molar-refractivity contribution in [3.8, 4) is 5.75 Å². The maximum atomic E-state index is 12.0. The van der Waals surface area contributed by atoms with Crippen molar-refractivity contribution >= 4 is 17.9 Å². The Bertz CT molecular complexity index is 641. The van der Waals surface area contributed by atoms with Crippen molar-refractivity contribution in [1.82, 2.24) is 10.6 Å². The van der Waals surface area contributed by atoms with Gasteiger partial charge in [0.1, 0.15) is 5.75 Å². The molecule has 0 bridgehead atoms. The molecule has 26 heavy (non-hydrogen) atoms. The second kappa shape index (κ2) is 9.79. The smallest absolute Gasteiger partial charge is 0.321 e. The molecule has 1 saturated carbocycles. The molecule has 1 aromatic rings. The van der Waals surface area contributed by atoms with Gasteiger partial charge in [0.05, 0.1) is 13.5 Å². The summed E-state index contributed by atoms with van der Waals surface area (Å²) in [6, 6.07) is 6.64. The lowest BCUT2D eigenvalue weighted by Gasteiger charge is -2.23. The van der Waals surface area contributed by atoms with E-state index in [-0.39, 0.29) is 12.5 Å². The van der Waals surface area contributed by atoms with Gasteiger partial charge in [-0.25, -0.2) is 4.79 Å². The third kappa shape index (κ3) is 6.06. The first-order valence-electron chi connectivity index (χ1n) is 8.92. The third-order valence-corrected chi connectivity index (χ3v) is 4.38. The van der Waals surface area contributed by atoms with E-state index in [1.165, 1.54) is 20.5 Å². The van der Waals surface area contributed by atoms with E-state index in [0.717, 1.165) is 25.7 Å². The summed E-state index contributed by atoms with van der Waals surface area (Å²) < 4.78 is 10.3. The molecule has 1 fully saturated rings. The van der Waals surface area contributed by atoms with E-state index in [2.05, 4.69) is 10.6 Å². The molecule has 0 radical (unpaired) electrons. The van der Waals surface area contributed by atoms with Crippen molar-refractivity contribution in [2.24, 2.45) is 0 Å². The van der Waals surface area contributed by atoms with Gasteiger partial charge in [0.15, 0.2) is 6.10 Å². The highest BCUT2D eigenvalue weighted by Crippen LogP contribution is 2.18. The highest BCUT2D eigenvalue weighted by Gasteiger charge is 2.22. The standard InChI is InChI=1S/C19H26N2O5/c1-13(18(23)21-19(24)20-15-9-4-3-5-10-15)26-17(22)12-14-8-6-7-11-16(14)25-2/h6-8,11,13,15H,3-5,9-10,12H2,1-2H3,(H2,20,21,23,24)/t13-/m0/s1. The fourth-order valence-corrected chi connectivity index (χ4v) is 2.98. The molecule has 2 N–H and O–H groups in total. The number of hydrogen-bond donors (Lipinski definition) is 2. The van der Waals surface area contributed by atoms with Crippen LogP contribution in [0.4, 0.5) is 4.79 Å². The molecule has 1 aliphatic carbocycles. The zero-order valence-corrected chi connectivity index (χ0v) is 15.2. The first-order chi connectivity index (χ1) is 12.5. The van der Waals surface area contributed by atoms with Gasteiger partial charge in [-0.3, -0.25) is 14.9 Å². The lowest BCUT2D eigenvalue weighted by atomic mass is 9.96. The highest BCUT2D eigenvalue weighted by molar-refractivity contribution is 5.97. The molecule has 7 nitrogen and oxygen atoms in total. The van der Waals surface area contributed by atoms with E-state index in [4.69, 9.17) is 9.47 Å². The van der Waals surface area contributed by atoms with Gasteiger partial charge in [0.2, 0.25) is 0 Å². The van der Waals surface area contributed by atoms with E-state index < -0.39 is 24.0 Å². The number of ether oxygens (including phenoxy) is 2. The van der Waals surface area contributed by atoms with Crippen molar-refractivity contribution in [3.63, 3.8) is 0 Å². The number of esters is 1. The van der Waals surface area contributed by atoms with Crippen molar-refractivity contribution in [1.29, 1.82) is 0 Å². The number of benzene rings is 1. The molecule has 3 amide bonds. The summed E-state index contributed by atoms with van der Waals surface area (Å²) in [6.45, 7) is 1.43. The lowest BCUT2D eigenvalue weighted by molar-refractivity contribution is -0.153. The second-order valence-corrected chi connectivity index (χ2v) is 6.42. The fourth-order valence-electron chi connectivity index (χ4n) is 2.98. The number of carbonyl (C=O) groups excluding carboxylic acids is 3. The molecule has 0 heterocycles. The maximum absolute atomic E-state index is 12.0. The number of hydrogen-bond acceptors (Lipinski definition) is 5. The Kier molecular flexibility index (Phi) is 7.44. The zero-order valence-electron chi connectivity index (χ0n) is 15.2. The van der Waals surface area contributed by atoms with Crippen LogP contribution in [0, 0.1) is 0 Å². The summed E-state index contributed by atoms with van der Waals surface area (Å²) in [5, 5.41) is 5.01. The van der Waals surface area contributed by atoms with Crippen LogP contribution in [-0.2, 0) is 20.7 Å². The molecule has 0 saturated heterocycles. The largest absolute Gasteiger partial charge is 0.496 e. The number of imide groups is 1. The van der Waals surface area contributed by atoms with Crippen LogP contribution in [0.2, 0.25) is 0 Å². The minimum atomic E-state index is -1.06. The Morgan fingerprint density at radius 1 is 1.15 bits per heavy atom. The summed E-state index contributed by atoms with van der Waals surface area (Å²) in [7, 11) is 1.52. The molecule has 1 aromatic carbocycles. The molecule has 0 aliphatic heterocycles. The Morgan fingerprint density at radius 3 is 2.54 bits per heavy atom. The molecule has 1 aliphatic rings. The molecular weight excluding hydrogens is 336 g/mol. The average molecular weight is 362 g/mol. The summed E-state index contributed by atoms with van der Waals surface area (Å²) in [4.78, 5) is 36.0. The van der Waals surface area contributed by atoms with Gasteiger partial charge >= 0.3 is 12.0 Å². The minimum Gasteiger partial charge on any atom is -0.496 e. The second-order valence-electron chi connectivity index (χ2n) is 6.42. The summed E-state index contributed by atoms with van der Waals surface area (Å²) in [6.07, 6.45) is 4.10. The van der Waals surface area contributed by atoms with E-state index in [1.807, 2.05) is 0 Å². The van der Waals surface area contributed by atoms with Crippen LogP contribution in [0.25, 0.3) is 0 Å². The number of nitrogens with one attached hydrogen (secondary N) is 2. The molecule has 0 aromatic heterocycles. The predicted octanol–water partition coefficient (Wildman–Crippen LogP) is 2.33. The lowest BCUT2D eigenvalue weighted by Crippen LogP contribution is -2.48. The Balaban J connectivity index is 1.78. The van der Waals surface area contributed by atoms with Crippen molar-refractivity contribution in [2.75, 3.05) is 7.11 Å². The first kappa shape index (κ1) is 19.8. The van der Waals surface area contributed by atoms with Crippen LogP contribution in [0.1, 0.15) is 44.6 Å². The molecule has 2 rings (SSSR count). The van der Waals surface area contributed by atoms with Crippen LogP contribution >= 0.6 is 0 Å². The fraction of sp³-hybridized carbons (Fsp3) is 0.526. The van der Waals surface area contributed by atoms with E-state index in [9.17, 15) is 14.4 Å². The number of carbonyl (C=O) groups is 3. The topological polar surface area (TPSA) is 93.7 Å². The number of urea groups is 1. The minimum absolute atomic E-state index is 0.0180. The van der Waals surface area contributed by atoms with Gasteiger partial charge in [-0.05, 0) is 25.8 Å². The zero-order chi connectivity index (χ0) is 18.9. The first-order valence-corrected chi connectivity index (χ1v) is 8.92. The average Bonchev–Trinajstić information content (AvgIpc) is 2.62. The summed E-state index contributed by atoms with van der Waals surface area (Å²) >= 11 is 0. The van der Waals surface area contributed by atoms with Gasteiger partial charge in [-0.15, -0.1) is 0 Å². The summed E-state index contributed by atoms with van der Waals surface area (Å²) in [5.74, 6) is -0.634. The number of methoxy groups -OCH3 is 1. The number of para-hydroxylation sites is 1. The van der Waals surface area contributed by atoms with Crippen molar-refractivity contribution in [3.05, 3.63) is 29.8 Å². The molecular formula is C19H26N2O5. The SMILES string of the molecule is COc1ccccc1CC(=O)O[C@@H](C)C(=O)NC(=O)NC1CCCCC1. The Morgan fingerprint density at radius 2 is 1.85 bits per heavy atom. The van der Waals surface area contributed by atoms with Gasteiger partial charge in [0, 0.05) is 11.6 Å². The highest BCUT2D eigenvalue weighted by atomic mass is 16.5. The summed E-state index contributed by atoms with van der Waals surface area (Å²) in [5.41, 5.74) is 0.669. The Labute approximate surface area is 153 Å². The van der Waals surface area contributed by atoms with E-state index in [1.54, 1.807) is 24.3 Å². The molecule has 0 spiro atoms. The van der Waals surface area contributed by atoms with Gasteiger partial charge in [0.25, 0.3) is 5.91 Å². The van der Waals surface area contributed by atoms with Crippen LogP contribution < -0.4 is 15.4 Å². The quantitative estimate of drug-likeness (QED) is 0.758. The normalized spacial score (nSPS) is 15.6. The molecule has 1 atom stereocenters. The van der Waals surface area contributed by atoms with Crippen LogP contribution in [0.5, 0.6) is 5.75 Å². The van der Waals surface area contributed by atoms with E-state index in [0.29, 0.717) is 11.3 Å². The predicted molar refractivity (Wildman–Crippen MR) is 95.8 cm³/mol. The Hall–Kier alpha value is -2.57. The molecule has 0 unspecified atom stereocenters. The number of amides is 3. The maximum Gasteiger partial charge on any atom is 0.321 e. The van der Waals surface area contributed by atoms with Gasteiger partial charge in [-0.2, -0.15) is 0 Å². The van der Waals surface area contributed by atoms with Crippen LogP contribution in [0.3, 0.4) is 0 Å². The van der Waals surface area contributed by atoms with Crippen molar-refractivity contribution in [2.45, 2.75) is 57.6 Å². The van der Waals surface area contributed by atoms with Gasteiger partial charge < -0.3 is 14.8 Å². The number of rotatable bonds is 6. The molecule has 142 valence electrons. The third-order valence-electron chi connectivity index (χ3n) is 4.38. The van der Waals surface area contributed by atoms with Crippen LogP contribution in [0.15, 0.2) is 24.3 Å². The molecule has 7 heteroatoms.